The number of hydrogen-bond donors (Lipinski definition) is 1. The van der Waals surface area contributed by atoms with Crippen molar-refractivity contribution in [1.82, 2.24) is 4.98 Å². The summed E-state index contributed by atoms with van der Waals surface area (Å²) in [6, 6.07) is 13.6. The summed E-state index contributed by atoms with van der Waals surface area (Å²) in [6.45, 7) is 1.66. The number of amides is 1. The molecule has 0 aliphatic carbocycles. The molecule has 0 bridgehead atoms. The minimum Gasteiger partial charge on any atom is -0.356 e. The first-order valence-corrected chi connectivity index (χ1v) is 8.24. The Bertz CT molecular complexity index is 630. The van der Waals surface area contributed by atoms with Crippen molar-refractivity contribution in [3.63, 3.8) is 0 Å². The van der Waals surface area contributed by atoms with Gasteiger partial charge in [0.15, 0.2) is 0 Å². The quantitative estimate of drug-likeness (QED) is 0.908. The van der Waals surface area contributed by atoms with Crippen molar-refractivity contribution in [1.29, 1.82) is 0 Å². The number of rotatable bonds is 3. The largest absolute Gasteiger partial charge is 0.356 e. The Morgan fingerprint density at radius 2 is 2.05 bits per heavy atom. The van der Waals surface area contributed by atoms with Gasteiger partial charge in [-0.3, -0.25) is 4.79 Å². The van der Waals surface area contributed by atoms with E-state index in [-0.39, 0.29) is 11.8 Å². The molecule has 2 aromatic rings. The predicted molar refractivity (Wildman–Crippen MR) is 91.9 cm³/mol. The van der Waals surface area contributed by atoms with Gasteiger partial charge in [-0.1, -0.05) is 18.2 Å². The Morgan fingerprint density at radius 3 is 2.77 bits per heavy atom. The first-order chi connectivity index (χ1) is 10.7. The summed E-state index contributed by atoms with van der Waals surface area (Å²) in [7, 11) is 0. The third-order valence-electron chi connectivity index (χ3n) is 3.87. The van der Waals surface area contributed by atoms with Crippen molar-refractivity contribution in [2.24, 2.45) is 5.92 Å². The fraction of sp³-hybridized carbons (Fsp3) is 0.294. The first-order valence-electron chi connectivity index (χ1n) is 7.45. The molecule has 1 N–H and O–H groups in total. The molecule has 22 heavy (non-hydrogen) atoms. The van der Waals surface area contributed by atoms with Gasteiger partial charge in [-0.05, 0) is 53.0 Å². The summed E-state index contributed by atoms with van der Waals surface area (Å²) < 4.78 is 0.964. The SMILES string of the molecule is O=C(Nc1ccccc1)C1CCCN(c2ccc(Br)cn2)C1. The van der Waals surface area contributed by atoms with Crippen molar-refractivity contribution in [3.05, 3.63) is 53.1 Å². The maximum absolute atomic E-state index is 12.4. The number of carbonyl (C=O) groups is 1. The van der Waals surface area contributed by atoms with Crippen LogP contribution in [-0.2, 0) is 4.79 Å². The molecule has 1 saturated heterocycles. The monoisotopic (exact) mass is 359 g/mol. The molecule has 1 fully saturated rings. The molecule has 1 unspecified atom stereocenters. The number of hydrogen-bond acceptors (Lipinski definition) is 3. The van der Waals surface area contributed by atoms with Crippen LogP contribution in [0.5, 0.6) is 0 Å². The predicted octanol–water partition coefficient (Wildman–Crippen LogP) is 3.70. The van der Waals surface area contributed by atoms with E-state index in [1.807, 2.05) is 42.5 Å². The van der Waals surface area contributed by atoms with Gasteiger partial charge in [-0.2, -0.15) is 0 Å². The number of aromatic nitrogens is 1. The lowest BCUT2D eigenvalue weighted by Crippen LogP contribution is -2.41. The normalized spacial score (nSPS) is 18.0. The lowest BCUT2D eigenvalue weighted by Gasteiger charge is -2.32. The summed E-state index contributed by atoms with van der Waals surface area (Å²) >= 11 is 3.40. The van der Waals surface area contributed by atoms with Crippen LogP contribution in [0.15, 0.2) is 53.1 Å². The Kier molecular flexibility index (Phi) is 4.73. The highest BCUT2D eigenvalue weighted by Crippen LogP contribution is 2.23. The van der Waals surface area contributed by atoms with Crippen LogP contribution in [0.2, 0.25) is 0 Å². The highest BCUT2D eigenvalue weighted by atomic mass is 79.9. The van der Waals surface area contributed by atoms with Crippen LogP contribution in [0, 0.1) is 5.92 Å². The fourth-order valence-electron chi connectivity index (χ4n) is 2.72. The van der Waals surface area contributed by atoms with Crippen molar-refractivity contribution in [2.75, 3.05) is 23.3 Å². The van der Waals surface area contributed by atoms with Crippen LogP contribution in [0.4, 0.5) is 11.5 Å². The molecule has 1 amide bonds. The summed E-state index contributed by atoms with van der Waals surface area (Å²) in [5, 5.41) is 3.00. The summed E-state index contributed by atoms with van der Waals surface area (Å²) in [4.78, 5) is 19.0. The van der Waals surface area contributed by atoms with E-state index in [0.717, 1.165) is 35.4 Å². The average molecular weight is 360 g/mol. The van der Waals surface area contributed by atoms with Gasteiger partial charge in [0.25, 0.3) is 0 Å². The molecule has 0 spiro atoms. The molecule has 4 nitrogen and oxygen atoms in total. The summed E-state index contributed by atoms with van der Waals surface area (Å²) in [6.07, 6.45) is 3.72. The van der Waals surface area contributed by atoms with Gasteiger partial charge in [0.05, 0.1) is 5.92 Å². The highest BCUT2D eigenvalue weighted by molar-refractivity contribution is 9.10. The molecular weight excluding hydrogens is 342 g/mol. The van der Waals surface area contributed by atoms with Crippen molar-refractivity contribution >= 4 is 33.3 Å². The van der Waals surface area contributed by atoms with Crippen LogP contribution in [0.1, 0.15) is 12.8 Å². The minimum absolute atomic E-state index is 0.000553. The Balaban J connectivity index is 1.65. The number of pyridine rings is 1. The second-order valence-corrected chi connectivity index (χ2v) is 6.39. The van der Waals surface area contributed by atoms with E-state index in [4.69, 9.17) is 0 Å². The molecule has 1 aromatic carbocycles. The smallest absolute Gasteiger partial charge is 0.229 e. The molecule has 114 valence electrons. The summed E-state index contributed by atoms with van der Waals surface area (Å²) in [5.41, 5.74) is 0.853. The average Bonchev–Trinajstić information content (AvgIpc) is 2.56. The Hall–Kier alpha value is -1.88. The standard InChI is InChI=1S/C17H18BrN3O/c18-14-8-9-16(19-11-14)21-10-4-5-13(12-21)17(22)20-15-6-2-1-3-7-15/h1-3,6-9,11,13H,4-5,10,12H2,(H,20,22). The molecule has 1 atom stereocenters. The molecule has 0 radical (unpaired) electrons. The number of benzene rings is 1. The number of para-hydroxylation sites is 1. The Morgan fingerprint density at radius 1 is 1.23 bits per heavy atom. The number of nitrogens with one attached hydrogen (secondary N) is 1. The van der Waals surface area contributed by atoms with E-state index in [2.05, 4.69) is 31.1 Å². The second kappa shape index (κ2) is 6.92. The molecule has 2 heterocycles. The fourth-order valence-corrected chi connectivity index (χ4v) is 2.95. The topological polar surface area (TPSA) is 45.2 Å². The van der Waals surface area contributed by atoms with Crippen molar-refractivity contribution < 1.29 is 4.79 Å². The van der Waals surface area contributed by atoms with E-state index >= 15 is 0 Å². The van der Waals surface area contributed by atoms with Crippen molar-refractivity contribution in [2.45, 2.75) is 12.8 Å². The molecular formula is C17H18BrN3O. The minimum atomic E-state index is -0.000553. The maximum atomic E-state index is 12.4. The van der Waals surface area contributed by atoms with E-state index in [1.54, 1.807) is 6.20 Å². The van der Waals surface area contributed by atoms with Gasteiger partial charge in [0, 0.05) is 29.4 Å². The summed E-state index contributed by atoms with van der Waals surface area (Å²) in [5.74, 6) is 1.02. The molecule has 1 aromatic heterocycles. The number of nitrogens with zero attached hydrogens (tertiary/aromatic N) is 2. The van der Waals surface area contributed by atoms with Crippen LogP contribution in [0.25, 0.3) is 0 Å². The van der Waals surface area contributed by atoms with Gasteiger partial charge < -0.3 is 10.2 Å². The zero-order valence-electron chi connectivity index (χ0n) is 12.2. The third-order valence-corrected chi connectivity index (χ3v) is 4.34. The zero-order chi connectivity index (χ0) is 15.4. The van der Waals surface area contributed by atoms with Crippen LogP contribution in [0.3, 0.4) is 0 Å². The van der Waals surface area contributed by atoms with Gasteiger partial charge in [0.1, 0.15) is 5.82 Å². The van der Waals surface area contributed by atoms with E-state index in [9.17, 15) is 4.79 Å². The van der Waals surface area contributed by atoms with Gasteiger partial charge in [0.2, 0.25) is 5.91 Å². The molecule has 3 rings (SSSR count). The molecule has 0 saturated carbocycles. The Labute approximate surface area is 138 Å². The van der Waals surface area contributed by atoms with Crippen LogP contribution in [-0.4, -0.2) is 24.0 Å². The third kappa shape index (κ3) is 3.65. The van der Waals surface area contributed by atoms with Gasteiger partial charge in [-0.15, -0.1) is 0 Å². The first kappa shape index (κ1) is 15.0. The molecule has 5 heteroatoms. The molecule has 1 aliphatic heterocycles. The molecule has 1 aliphatic rings. The van der Waals surface area contributed by atoms with Crippen LogP contribution >= 0.6 is 15.9 Å². The van der Waals surface area contributed by atoms with Gasteiger partial charge in [-0.25, -0.2) is 4.98 Å². The van der Waals surface area contributed by atoms with E-state index in [1.165, 1.54) is 0 Å². The van der Waals surface area contributed by atoms with E-state index in [0.29, 0.717) is 6.54 Å². The number of halogens is 1. The zero-order valence-corrected chi connectivity index (χ0v) is 13.8. The lowest BCUT2D eigenvalue weighted by atomic mass is 9.97. The lowest BCUT2D eigenvalue weighted by molar-refractivity contribution is -0.120. The number of piperidine rings is 1. The highest BCUT2D eigenvalue weighted by Gasteiger charge is 2.26. The van der Waals surface area contributed by atoms with Crippen LogP contribution < -0.4 is 10.2 Å². The van der Waals surface area contributed by atoms with Crippen molar-refractivity contribution in [3.8, 4) is 0 Å². The van der Waals surface area contributed by atoms with Gasteiger partial charge >= 0.3 is 0 Å². The number of carbonyl (C=O) groups excluding carboxylic acids is 1. The second-order valence-electron chi connectivity index (χ2n) is 5.48. The number of anilines is 2. The van der Waals surface area contributed by atoms with E-state index < -0.39 is 0 Å². The maximum Gasteiger partial charge on any atom is 0.229 e.